The summed E-state index contributed by atoms with van der Waals surface area (Å²) in [5, 5.41) is 3.85. The van der Waals surface area contributed by atoms with Crippen molar-refractivity contribution in [3.63, 3.8) is 0 Å². The van der Waals surface area contributed by atoms with Crippen LogP contribution >= 0.6 is 11.3 Å². The van der Waals surface area contributed by atoms with Crippen molar-refractivity contribution in [1.29, 1.82) is 0 Å². The molecule has 3 aliphatic heterocycles. The van der Waals surface area contributed by atoms with Crippen molar-refractivity contribution in [2.45, 2.75) is 38.8 Å². The highest BCUT2D eigenvalue weighted by Gasteiger charge is 2.40. The van der Waals surface area contributed by atoms with E-state index in [0.29, 0.717) is 17.0 Å². The molecule has 1 aromatic carbocycles. The smallest absolute Gasteiger partial charge is 0.280 e. The molecule has 2 aromatic rings. The fourth-order valence-corrected chi connectivity index (χ4v) is 5.08. The van der Waals surface area contributed by atoms with Gasteiger partial charge in [-0.2, -0.15) is 0 Å². The molecular weight excluding hydrogens is 318 g/mol. The summed E-state index contributed by atoms with van der Waals surface area (Å²) in [6, 6.07) is 10.9. The number of thiazole rings is 1. The Morgan fingerprint density at radius 3 is 2.62 bits per heavy atom. The van der Waals surface area contributed by atoms with Crippen LogP contribution in [0.2, 0.25) is 0 Å². The lowest BCUT2D eigenvalue weighted by molar-refractivity contribution is 0.0217. The first kappa shape index (κ1) is 15.8. The lowest BCUT2D eigenvalue weighted by Crippen LogP contribution is -2.62. The first-order chi connectivity index (χ1) is 11.6. The third-order valence-electron chi connectivity index (χ3n) is 5.50. The molecule has 126 valence electrons. The van der Waals surface area contributed by atoms with E-state index in [1.54, 1.807) is 0 Å². The van der Waals surface area contributed by atoms with Crippen LogP contribution in [0.4, 0.5) is 0 Å². The van der Waals surface area contributed by atoms with E-state index < -0.39 is 0 Å². The van der Waals surface area contributed by atoms with Crippen molar-refractivity contribution in [3.8, 4) is 10.4 Å². The van der Waals surface area contributed by atoms with Gasteiger partial charge in [0.15, 0.2) is 5.01 Å². The van der Waals surface area contributed by atoms with Gasteiger partial charge in [-0.25, -0.2) is 4.98 Å². The van der Waals surface area contributed by atoms with Crippen LogP contribution in [0.5, 0.6) is 0 Å². The van der Waals surface area contributed by atoms with Crippen LogP contribution in [0.15, 0.2) is 30.3 Å². The maximum Gasteiger partial charge on any atom is 0.280 e. The normalized spacial score (nSPS) is 28.8. The summed E-state index contributed by atoms with van der Waals surface area (Å²) in [7, 11) is 0. The lowest BCUT2D eigenvalue weighted by atomic mass is 9.79. The van der Waals surface area contributed by atoms with Gasteiger partial charge in [0.05, 0.1) is 10.6 Å². The van der Waals surface area contributed by atoms with Crippen LogP contribution in [0, 0.1) is 12.8 Å². The van der Waals surface area contributed by atoms with Crippen molar-refractivity contribution >= 4 is 17.2 Å². The minimum Gasteiger partial charge on any atom is -0.345 e. The number of aryl methyl sites for hydroxylation is 1. The van der Waals surface area contributed by atoms with Crippen LogP contribution < -0.4 is 5.32 Å². The Bertz CT molecular complexity index is 732. The van der Waals surface area contributed by atoms with Gasteiger partial charge in [-0.15, -0.1) is 11.3 Å². The molecule has 2 bridgehead atoms. The van der Waals surface area contributed by atoms with E-state index in [4.69, 9.17) is 0 Å². The zero-order valence-electron chi connectivity index (χ0n) is 14.2. The molecule has 2 atom stereocenters. The average molecular weight is 341 g/mol. The van der Waals surface area contributed by atoms with Gasteiger partial charge in [0, 0.05) is 12.1 Å². The van der Waals surface area contributed by atoms with Crippen LogP contribution in [-0.2, 0) is 0 Å². The molecule has 1 aromatic heterocycles. The van der Waals surface area contributed by atoms with Crippen LogP contribution in [0.1, 0.15) is 35.3 Å². The molecule has 3 saturated heterocycles. The second-order valence-electron chi connectivity index (χ2n) is 6.91. The maximum atomic E-state index is 12.7. The number of hydrogen-bond donors (Lipinski definition) is 1. The minimum absolute atomic E-state index is 0.0177. The lowest BCUT2D eigenvalue weighted by Gasteiger charge is -2.49. The van der Waals surface area contributed by atoms with Gasteiger partial charge in [0.25, 0.3) is 5.91 Å². The molecule has 0 saturated carbocycles. The van der Waals surface area contributed by atoms with Gasteiger partial charge in [-0.3, -0.25) is 9.69 Å². The van der Waals surface area contributed by atoms with Gasteiger partial charge in [-0.1, -0.05) is 30.3 Å². The van der Waals surface area contributed by atoms with Crippen molar-refractivity contribution in [2.24, 2.45) is 5.92 Å². The predicted octanol–water partition coefficient (Wildman–Crippen LogP) is 3.33. The number of hydrogen-bond acceptors (Lipinski definition) is 4. The topological polar surface area (TPSA) is 45.2 Å². The molecule has 0 radical (unpaired) electrons. The van der Waals surface area contributed by atoms with Gasteiger partial charge in [0.1, 0.15) is 0 Å². The standard InChI is InChI=1S/C19H23N3OS/c1-12-17(15-6-4-3-5-7-15)24-19(20-12)18(23)21-16-13(2)22-10-8-14(16)9-11-22/h3-7,13-14,16H,8-11H2,1-2H3,(H,21,23)/t13-,16-/m0/s1. The summed E-state index contributed by atoms with van der Waals surface area (Å²) in [4.78, 5) is 20.9. The van der Waals surface area contributed by atoms with E-state index in [9.17, 15) is 4.79 Å². The third-order valence-corrected chi connectivity index (χ3v) is 6.71. The summed E-state index contributed by atoms with van der Waals surface area (Å²) in [6.45, 7) is 6.56. The highest BCUT2D eigenvalue weighted by atomic mass is 32.1. The molecular formula is C19H23N3OS. The molecule has 4 nitrogen and oxygen atoms in total. The minimum atomic E-state index is -0.0177. The molecule has 3 aliphatic rings. The highest BCUT2D eigenvalue weighted by Crippen LogP contribution is 2.33. The number of carbonyl (C=O) groups excluding carboxylic acids is 1. The summed E-state index contributed by atoms with van der Waals surface area (Å²) < 4.78 is 0. The monoisotopic (exact) mass is 341 g/mol. The molecule has 1 N–H and O–H groups in total. The molecule has 5 rings (SSSR count). The Kier molecular flexibility index (Phi) is 4.14. The zero-order chi connectivity index (χ0) is 16.7. The SMILES string of the molecule is Cc1nc(C(=O)N[C@@H]2C3CCN(CC3)[C@H]2C)sc1-c1ccccc1. The molecule has 0 unspecified atom stereocenters. The Morgan fingerprint density at radius 1 is 1.25 bits per heavy atom. The van der Waals surface area contributed by atoms with Crippen LogP contribution in [0.3, 0.4) is 0 Å². The first-order valence-corrected chi connectivity index (χ1v) is 9.53. The number of rotatable bonds is 3. The molecule has 4 heterocycles. The van der Waals surface area contributed by atoms with Crippen molar-refractivity contribution in [1.82, 2.24) is 15.2 Å². The number of benzene rings is 1. The number of nitrogens with zero attached hydrogens (tertiary/aromatic N) is 2. The Labute approximate surface area is 146 Å². The van der Waals surface area contributed by atoms with Crippen molar-refractivity contribution in [2.75, 3.05) is 13.1 Å². The summed E-state index contributed by atoms with van der Waals surface area (Å²) in [5.74, 6) is 0.597. The fourth-order valence-electron chi connectivity index (χ4n) is 4.11. The highest BCUT2D eigenvalue weighted by molar-refractivity contribution is 7.17. The van der Waals surface area contributed by atoms with E-state index >= 15 is 0 Å². The van der Waals surface area contributed by atoms with Crippen molar-refractivity contribution in [3.05, 3.63) is 41.0 Å². The van der Waals surface area contributed by atoms with E-state index in [2.05, 4.69) is 34.3 Å². The number of carbonyl (C=O) groups is 1. The number of aromatic nitrogens is 1. The third kappa shape index (κ3) is 2.76. The first-order valence-electron chi connectivity index (χ1n) is 8.71. The summed E-state index contributed by atoms with van der Waals surface area (Å²) >= 11 is 1.49. The summed E-state index contributed by atoms with van der Waals surface area (Å²) in [6.07, 6.45) is 2.39. The van der Waals surface area contributed by atoms with E-state index in [-0.39, 0.29) is 11.9 Å². The number of fused-ring (bicyclic) bond motifs is 3. The van der Waals surface area contributed by atoms with E-state index in [1.165, 1.54) is 37.3 Å². The largest absolute Gasteiger partial charge is 0.345 e. The molecule has 3 fully saturated rings. The second kappa shape index (κ2) is 6.30. The molecule has 1 amide bonds. The van der Waals surface area contributed by atoms with Crippen molar-refractivity contribution < 1.29 is 4.79 Å². The van der Waals surface area contributed by atoms with E-state index in [1.807, 2.05) is 25.1 Å². The maximum absolute atomic E-state index is 12.7. The summed E-state index contributed by atoms with van der Waals surface area (Å²) in [5.41, 5.74) is 2.06. The molecule has 0 spiro atoms. The second-order valence-corrected chi connectivity index (χ2v) is 7.91. The van der Waals surface area contributed by atoms with Gasteiger partial charge >= 0.3 is 0 Å². The number of nitrogens with one attached hydrogen (secondary N) is 1. The Balaban J connectivity index is 1.53. The molecule has 24 heavy (non-hydrogen) atoms. The molecule has 5 heteroatoms. The average Bonchev–Trinajstić information content (AvgIpc) is 3.01. The fraction of sp³-hybridized carbons (Fsp3) is 0.474. The zero-order valence-corrected chi connectivity index (χ0v) is 15.0. The van der Waals surface area contributed by atoms with Gasteiger partial charge < -0.3 is 5.32 Å². The van der Waals surface area contributed by atoms with Crippen LogP contribution in [0.25, 0.3) is 10.4 Å². The predicted molar refractivity (Wildman–Crippen MR) is 97.3 cm³/mol. The molecule has 0 aliphatic carbocycles. The van der Waals surface area contributed by atoms with Gasteiger partial charge in [-0.05, 0) is 51.3 Å². The number of amides is 1. The van der Waals surface area contributed by atoms with E-state index in [0.717, 1.165) is 16.1 Å². The number of piperidine rings is 3. The Hall–Kier alpha value is -1.72. The van der Waals surface area contributed by atoms with Crippen LogP contribution in [-0.4, -0.2) is 41.0 Å². The quantitative estimate of drug-likeness (QED) is 0.931. The van der Waals surface area contributed by atoms with Gasteiger partial charge in [0.2, 0.25) is 0 Å². The Morgan fingerprint density at radius 2 is 1.96 bits per heavy atom.